The number of likely N-dealkylation sites (tertiary alicyclic amines) is 1. The molecule has 2 heterocycles. The van der Waals surface area contributed by atoms with Gasteiger partial charge in [0.15, 0.2) is 0 Å². The number of ketones is 1. The summed E-state index contributed by atoms with van der Waals surface area (Å²) in [5, 5.41) is 13.2. The molecule has 0 aliphatic carbocycles. The molecule has 1 aliphatic heterocycles. The molecule has 182 valence electrons. The SMILES string of the molecule is CCCCCOc1ccc(/C(O)=C2/C(=O)C(=O)N(Cc3cccs3)C2c2ccc(OC)cc2)cc1. The second kappa shape index (κ2) is 11.2. The first kappa shape index (κ1) is 24.5. The Balaban J connectivity index is 1.69. The van der Waals surface area contributed by atoms with Gasteiger partial charge in [-0.25, -0.2) is 0 Å². The fraction of sp³-hybridized carbons (Fsp3) is 0.286. The summed E-state index contributed by atoms with van der Waals surface area (Å²) < 4.78 is 11.0. The van der Waals surface area contributed by atoms with Crippen molar-refractivity contribution in [1.82, 2.24) is 4.90 Å². The van der Waals surface area contributed by atoms with E-state index < -0.39 is 17.7 Å². The number of carbonyl (C=O) groups excluding carboxylic acids is 2. The Morgan fingerprint density at radius 1 is 1.00 bits per heavy atom. The fourth-order valence-electron chi connectivity index (χ4n) is 4.15. The lowest BCUT2D eigenvalue weighted by Gasteiger charge is -2.25. The van der Waals surface area contributed by atoms with Crippen molar-refractivity contribution >= 4 is 28.8 Å². The number of aliphatic hydroxyl groups is 1. The molecular formula is C28H29NO5S. The molecule has 1 amide bonds. The lowest BCUT2D eigenvalue weighted by atomic mass is 9.95. The second-order valence-corrected chi connectivity index (χ2v) is 9.39. The topological polar surface area (TPSA) is 76.1 Å². The van der Waals surface area contributed by atoms with Crippen LogP contribution in [0.15, 0.2) is 71.6 Å². The van der Waals surface area contributed by atoms with Crippen molar-refractivity contribution in [2.75, 3.05) is 13.7 Å². The van der Waals surface area contributed by atoms with E-state index in [1.165, 1.54) is 16.2 Å². The summed E-state index contributed by atoms with van der Waals surface area (Å²) in [6.07, 6.45) is 3.21. The van der Waals surface area contributed by atoms with Crippen LogP contribution >= 0.6 is 11.3 Å². The predicted octanol–water partition coefficient (Wildman–Crippen LogP) is 5.95. The number of hydrogen-bond acceptors (Lipinski definition) is 6. The van der Waals surface area contributed by atoms with Crippen molar-refractivity contribution in [2.24, 2.45) is 0 Å². The molecule has 1 N–H and O–H groups in total. The summed E-state index contributed by atoms with van der Waals surface area (Å²) in [4.78, 5) is 28.8. The third-order valence-corrected chi connectivity index (χ3v) is 6.88. The number of rotatable bonds is 10. The number of carbonyl (C=O) groups is 2. The number of aliphatic hydroxyl groups excluding tert-OH is 1. The van der Waals surface area contributed by atoms with Crippen molar-refractivity contribution in [3.05, 3.63) is 87.6 Å². The first-order valence-electron chi connectivity index (χ1n) is 11.7. The van der Waals surface area contributed by atoms with Gasteiger partial charge >= 0.3 is 0 Å². The van der Waals surface area contributed by atoms with Crippen molar-refractivity contribution in [2.45, 2.75) is 38.8 Å². The zero-order valence-electron chi connectivity index (χ0n) is 19.9. The molecule has 7 heteroatoms. The van der Waals surface area contributed by atoms with Gasteiger partial charge in [0, 0.05) is 10.4 Å². The standard InChI is InChI=1S/C28H29NO5S/c1-3-4-5-16-34-22-14-10-20(11-15-22)26(30)24-25(19-8-12-21(33-2)13-9-19)29(28(32)27(24)31)18-23-7-6-17-35-23/h6-15,17,25,30H,3-5,16,18H2,1-2H3/b26-24-. The molecule has 2 aromatic carbocycles. The molecule has 0 bridgehead atoms. The molecule has 6 nitrogen and oxygen atoms in total. The molecule has 1 aliphatic rings. The van der Waals surface area contributed by atoms with Gasteiger partial charge in [-0.1, -0.05) is 38.0 Å². The Kier molecular flexibility index (Phi) is 7.87. The van der Waals surface area contributed by atoms with Crippen LogP contribution in [0.5, 0.6) is 11.5 Å². The van der Waals surface area contributed by atoms with Crippen LogP contribution in [0.4, 0.5) is 0 Å². The average Bonchev–Trinajstić information content (AvgIpc) is 3.49. The highest BCUT2D eigenvalue weighted by molar-refractivity contribution is 7.09. The van der Waals surface area contributed by atoms with Gasteiger partial charge in [-0.2, -0.15) is 0 Å². The lowest BCUT2D eigenvalue weighted by molar-refractivity contribution is -0.140. The molecule has 1 atom stereocenters. The van der Waals surface area contributed by atoms with E-state index in [0.29, 0.717) is 23.7 Å². The molecular weight excluding hydrogens is 462 g/mol. The number of Topliss-reactive ketones (excluding diaryl/α,β-unsaturated/α-hetero) is 1. The normalized spacial score (nSPS) is 17.1. The molecule has 1 aromatic heterocycles. The maximum Gasteiger partial charge on any atom is 0.295 e. The van der Waals surface area contributed by atoms with Gasteiger partial charge in [-0.3, -0.25) is 9.59 Å². The van der Waals surface area contributed by atoms with E-state index in [1.807, 2.05) is 29.6 Å². The third-order valence-electron chi connectivity index (χ3n) is 6.02. The van der Waals surface area contributed by atoms with Crippen LogP contribution in [-0.2, 0) is 16.1 Å². The Morgan fingerprint density at radius 3 is 2.34 bits per heavy atom. The van der Waals surface area contributed by atoms with Gasteiger partial charge in [-0.15, -0.1) is 11.3 Å². The highest BCUT2D eigenvalue weighted by atomic mass is 32.1. The summed E-state index contributed by atoms with van der Waals surface area (Å²) in [6, 6.07) is 17.3. The highest BCUT2D eigenvalue weighted by Crippen LogP contribution is 2.41. The minimum absolute atomic E-state index is 0.0772. The predicted molar refractivity (Wildman–Crippen MR) is 137 cm³/mol. The summed E-state index contributed by atoms with van der Waals surface area (Å²) in [5.41, 5.74) is 1.26. The van der Waals surface area contributed by atoms with E-state index in [-0.39, 0.29) is 17.9 Å². The smallest absolute Gasteiger partial charge is 0.295 e. The lowest BCUT2D eigenvalue weighted by Crippen LogP contribution is -2.28. The number of unbranched alkanes of at least 4 members (excludes halogenated alkanes) is 2. The Labute approximate surface area is 209 Å². The largest absolute Gasteiger partial charge is 0.507 e. The van der Waals surface area contributed by atoms with Crippen LogP contribution in [0.1, 0.15) is 48.2 Å². The minimum Gasteiger partial charge on any atom is -0.507 e. The van der Waals surface area contributed by atoms with Gasteiger partial charge in [-0.05, 0) is 59.8 Å². The van der Waals surface area contributed by atoms with Crippen molar-refractivity contribution in [3.8, 4) is 11.5 Å². The molecule has 3 aromatic rings. The molecule has 1 unspecified atom stereocenters. The maximum absolute atomic E-state index is 13.2. The highest BCUT2D eigenvalue weighted by Gasteiger charge is 2.46. The van der Waals surface area contributed by atoms with Gasteiger partial charge < -0.3 is 19.5 Å². The van der Waals surface area contributed by atoms with Crippen LogP contribution < -0.4 is 9.47 Å². The summed E-state index contributed by atoms with van der Waals surface area (Å²) in [7, 11) is 1.58. The average molecular weight is 492 g/mol. The number of benzene rings is 2. The van der Waals surface area contributed by atoms with Crippen molar-refractivity contribution < 1.29 is 24.2 Å². The van der Waals surface area contributed by atoms with E-state index in [4.69, 9.17) is 9.47 Å². The van der Waals surface area contributed by atoms with Crippen LogP contribution in [0, 0.1) is 0 Å². The van der Waals surface area contributed by atoms with E-state index in [9.17, 15) is 14.7 Å². The first-order valence-corrected chi connectivity index (χ1v) is 12.6. The van der Waals surface area contributed by atoms with Gasteiger partial charge in [0.2, 0.25) is 0 Å². The maximum atomic E-state index is 13.2. The zero-order chi connectivity index (χ0) is 24.8. The number of hydrogen-bond donors (Lipinski definition) is 1. The van der Waals surface area contributed by atoms with Gasteiger partial charge in [0.05, 0.1) is 31.9 Å². The fourth-order valence-corrected chi connectivity index (χ4v) is 4.86. The zero-order valence-corrected chi connectivity index (χ0v) is 20.7. The van der Waals surface area contributed by atoms with E-state index >= 15 is 0 Å². The number of nitrogens with zero attached hydrogens (tertiary/aromatic N) is 1. The third kappa shape index (κ3) is 5.41. The monoisotopic (exact) mass is 491 g/mol. The molecule has 1 fully saturated rings. The van der Waals surface area contributed by atoms with E-state index in [0.717, 1.165) is 29.7 Å². The number of thiophene rings is 1. The molecule has 0 saturated carbocycles. The van der Waals surface area contributed by atoms with Gasteiger partial charge in [0.1, 0.15) is 17.3 Å². The van der Waals surface area contributed by atoms with Crippen LogP contribution in [-0.4, -0.2) is 35.4 Å². The van der Waals surface area contributed by atoms with Crippen LogP contribution in [0.3, 0.4) is 0 Å². The summed E-state index contributed by atoms with van der Waals surface area (Å²) in [5.74, 6) is -0.159. The van der Waals surface area contributed by atoms with Crippen LogP contribution in [0.2, 0.25) is 0 Å². The molecule has 4 rings (SSSR count). The summed E-state index contributed by atoms with van der Waals surface area (Å²) in [6.45, 7) is 3.05. The van der Waals surface area contributed by atoms with Crippen molar-refractivity contribution in [1.29, 1.82) is 0 Å². The molecule has 0 radical (unpaired) electrons. The Hall–Kier alpha value is -3.58. The number of amides is 1. The van der Waals surface area contributed by atoms with Crippen LogP contribution in [0.25, 0.3) is 5.76 Å². The minimum atomic E-state index is -0.715. The molecule has 1 saturated heterocycles. The van der Waals surface area contributed by atoms with Crippen molar-refractivity contribution in [3.63, 3.8) is 0 Å². The molecule has 0 spiro atoms. The molecule has 35 heavy (non-hydrogen) atoms. The first-order chi connectivity index (χ1) is 17.0. The van der Waals surface area contributed by atoms with E-state index in [1.54, 1.807) is 43.5 Å². The second-order valence-electron chi connectivity index (χ2n) is 8.36. The Morgan fingerprint density at radius 2 is 1.71 bits per heavy atom. The number of ether oxygens (including phenoxy) is 2. The quantitative estimate of drug-likeness (QED) is 0.164. The van der Waals surface area contributed by atoms with Gasteiger partial charge in [0.25, 0.3) is 11.7 Å². The Bertz CT molecular complexity index is 1180. The number of methoxy groups -OCH3 is 1. The summed E-state index contributed by atoms with van der Waals surface area (Å²) >= 11 is 1.52. The van der Waals surface area contributed by atoms with E-state index in [2.05, 4.69) is 6.92 Å².